The summed E-state index contributed by atoms with van der Waals surface area (Å²) in [6, 6.07) is 0. The fraction of sp³-hybridized carbons (Fsp3) is 1.00. The van der Waals surface area contributed by atoms with Gasteiger partial charge in [-0.2, -0.15) is 39.5 Å². The van der Waals surface area contributed by atoms with Gasteiger partial charge in [0.1, 0.15) is 0 Å². The highest BCUT2D eigenvalue weighted by atomic mass is 127. The lowest BCUT2D eigenvalue weighted by Gasteiger charge is -2.34. The fourth-order valence-electron chi connectivity index (χ4n) is 0.958. The van der Waals surface area contributed by atoms with E-state index < -0.39 is 34.3 Å². The molecule has 0 saturated heterocycles. The van der Waals surface area contributed by atoms with Crippen LogP contribution in [0, 0.1) is 0 Å². The molecule has 0 radical (unpaired) electrons. The zero-order valence-corrected chi connectivity index (χ0v) is 10.9. The Morgan fingerprint density at radius 3 is 1.50 bits per heavy atom. The minimum absolute atomic E-state index is 0.0657. The highest BCUT2D eigenvalue weighted by Gasteiger charge is 2.81. The molecule has 110 valence electrons. The molecule has 1 atom stereocenters. The Morgan fingerprint density at radius 1 is 0.833 bits per heavy atom. The van der Waals surface area contributed by atoms with Crippen LogP contribution in [0.2, 0.25) is 0 Å². The summed E-state index contributed by atoms with van der Waals surface area (Å²) in [5.41, 5.74) is 0. The van der Waals surface area contributed by atoms with Crippen molar-refractivity contribution >= 4 is 22.6 Å². The average Bonchev–Trinajstić information content (AvgIpc) is 2.14. The van der Waals surface area contributed by atoms with Gasteiger partial charge in [-0.15, -0.1) is 0 Å². The summed E-state index contributed by atoms with van der Waals surface area (Å²) in [5, 5.41) is 0. The first-order valence-electron chi connectivity index (χ1n) is 4.55. The van der Waals surface area contributed by atoms with Crippen LogP contribution >= 0.6 is 22.6 Å². The van der Waals surface area contributed by atoms with E-state index in [4.69, 9.17) is 0 Å². The molecule has 0 rings (SSSR count). The summed E-state index contributed by atoms with van der Waals surface area (Å²) < 4.78 is 110. The third-order valence-corrected chi connectivity index (χ3v) is 3.45. The Bertz CT molecular complexity index is 283. The van der Waals surface area contributed by atoms with Crippen LogP contribution < -0.4 is 0 Å². The summed E-state index contributed by atoms with van der Waals surface area (Å²) in [7, 11) is 0. The van der Waals surface area contributed by atoms with Crippen LogP contribution in [0.25, 0.3) is 0 Å². The molecule has 0 fully saturated rings. The molecule has 0 bridgehead atoms. The van der Waals surface area contributed by atoms with E-state index in [2.05, 4.69) is 0 Å². The predicted octanol–water partition coefficient (Wildman–Crippen LogP) is 5.06. The van der Waals surface area contributed by atoms with E-state index in [0.29, 0.717) is 0 Å². The van der Waals surface area contributed by atoms with Gasteiger partial charge < -0.3 is 0 Å². The minimum atomic E-state index is -6.78. The summed E-state index contributed by atoms with van der Waals surface area (Å²) >= 11 is 1.28. The molecule has 0 aliphatic carbocycles. The highest BCUT2D eigenvalue weighted by molar-refractivity contribution is 14.1. The van der Waals surface area contributed by atoms with Crippen molar-refractivity contribution in [2.45, 2.75) is 47.6 Å². The van der Waals surface area contributed by atoms with E-state index in [0.717, 1.165) is 0 Å². The van der Waals surface area contributed by atoms with Gasteiger partial charge in [-0.25, -0.2) is 0 Å². The molecule has 0 aliphatic heterocycles. The maximum Gasteiger partial charge on any atom is 0.460 e. The molecule has 0 aromatic heterocycles. The average molecular weight is 402 g/mol. The van der Waals surface area contributed by atoms with Crippen LogP contribution in [0.5, 0.6) is 0 Å². The largest absolute Gasteiger partial charge is 0.460 e. The van der Waals surface area contributed by atoms with Crippen LogP contribution in [0.4, 0.5) is 39.5 Å². The van der Waals surface area contributed by atoms with Gasteiger partial charge in [0.2, 0.25) is 0 Å². The third kappa shape index (κ3) is 3.16. The first-order valence-corrected chi connectivity index (χ1v) is 5.79. The van der Waals surface area contributed by atoms with Gasteiger partial charge in [-0.1, -0.05) is 29.5 Å². The van der Waals surface area contributed by atoms with E-state index in [1.54, 1.807) is 0 Å². The van der Waals surface area contributed by atoms with Crippen molar-refractivity contribution < 1.29 is 39.5 Å². The zero-order chi connectivity index (χ0) is 15.0. The summed E-state index contributed by atoms with van der Waals surface area (Å²) in [5.74, 6) is -18.7. The van der Waals surface area contributed by atoms with Crippen molar-refractivity contribution in [1.82, 2.24) is 0 Å². The molecular weight excluding hydrogens is 394 g/mol. The van der Waals surface area contributed by atoms with Crippen LogP contribution in [0.15, 0.2) is 0 Å². The van der Waals surface area contributed by atoms with Crippen LogP contribution in [-0.4, -0.2) is 27.9 Å². The first-order chi connectivity index (χ1) is 7.70. The number of alkyl halides is 10. The van der Waals surface area contributed by atoms with Gasteiger partial charge in [0.15, 0.2) is 0 Å². The van der Waals surface area contributed by atoms with Crippen LogP contribution in [0.1, 0.15) is 19.8 Å². The van der Waals surface area contributed by atoms with Crippen molar-refractivity contribution in [2.24, 2.45) is 0 Å². The number of halogens is 10. The minimum Gasteiger partial charge on any atom is -0.200 e. The lowest BCUT2D eigenvalue weighted by molar-refractivity contribution is -0.396. The van der Waals surface area contributed by atoms with Crippen molar-refractivity contribution in [2.75, 3.05) is 0 Å². The monoisotopic (exact) mass is 402 g/mol. The molecule has 0 aromatic carbocycles. The topological polar surface area (TPSA) is 0 Å². The molecule has 0 aromatic rings. The standard InChI is InChI=1S/C8H8F9I/c1-2-4(18)3-5(9,10)6(11,12)7(13,14)8(15,16)17/h4H,2-3H2,1H3. The van der Waals surface area contributed by atoms with Crippen molar-refractivity contribution in [3.8, 4) is 0 Å². The zero-order valence-electron chi connectivity index (χ0n) is 8.77. The SMILES string of the molecule is CCC(I)CC(F)(F)C(F)(F)C(F)(F)C(F)(F)F. The highest BCUT2D eigenvalue weighted by Crippen LogP contribution is 2.54. The maximum absolute atomic E-state index is 12.9. The van der Waals surface area contributed by atoms with Gasteiger partial charge in [0.25, 0.3) is 0 Å². The van der Waals surface area contributed by atoms with Crippen LogP contribution in [-0.2, 0) is 0 Å². The van der Waals surface area contributed by atoms with E-state index in [1.807, 2.05) is 0 Å². The molecule has 18 heavy (non-hydrogen) atoms. The molecule has 10 heteroatoms. The molecule has 0 nitrogen and oxygen atoms in total. The van der Waals surface area contributed by atoms with Gasteiger partial charge in [-0.05, 0) is 6.42 Å². The van der Waals surface area contributed by atoms with Crippen molar-refractivity contribution in [1.29, 1.82) is 0 Å². The molecule has 0 spiro atoms. The Balaban J connectivity index is 5.36. The normalized spacial score (nSPS) is 16.8. The third-order valence-electron chi connectivity index (χ3n) is 2.13. The van der Waals surface area contributed by atoms with E-state index in [-0.39, 0.29) is 6.42 Å². The second kappa shape index (κ2) is 5.23. The molecule has 1 unspecified atom stereocenters. The molecular formula is C8H8F9I. The molecule has 0 N–H and O–H groups in total. The van der Waals surface area contributed by atoms with Crippen molar-refractivity contribution in [3.05, 3.63) is 0 Å². The summed E-state index contributed by atoms with van der Waals surface area (Å²) in [6.45, 7) is 1.31. The Morgan fingerprint density at radius 2 is 1.22 bits per heavy atom. The fourth-order valence-corrected chi connectivity index (χ4v) is 1.51. The van der Waals surface area contributed by atoms with E-state index in [9.17, 15) is 39.5 Å². The lowest BCUT2D eigenvalue weighted by Crippen LogP contribution is -2.61. The number of hydrogen-bond donors (Lipinski definition) is 0. The molecule has 0 heterocycles. The van der Waals surface area contributed by atoms with Gasteiger partial charge in [0, 0.05) is 10.3 Å². The second-order valence-corrected chi connectivity index (χ2v) is 5.32. The Hall–Kier alpha value is 0.1000. The molecule has 0 aliphatic rings. The maximum atomic E-state index is 12.9. The summed E-state index contributed by atoms with van der Waals surface area (Å²) in [4.78, 5) is 0. The molecule has 0 amide bonds. The smallest absolute Gasteiger partial charge is 0.200 e. The van der Waals surface area contributed by atoms with Gasteiger partial charge in [0.05, 0.1) is 0 Å². The Labute approximate surface area is 110 Å². The van der Waals surface area contributed by atoms with E-state index >= 15 is 0 Å². The lowest BCUT2D eigenvalue weighted by atomic mass is 9.99. The van der Waals surface area contributed by atoms with Crippen LogP contribution in [0.3, 0.4) is 0 Å². The summed E-state index contributed by atoms with van der Waals surface area (Å²) in [6.07, 6.45) is -8.57. The van der Waals surface area contributed by atoms with E-state index in [1.165, 1.54) is 29.5 Å². The van der Waals surface area contributed by atoms with Gasteiger partial charge >= 0.3 is 23.9 Å². The number of rotatable bonds is 5. The van der Waals surface area contributed by atoms with Crippen molar-refractivity contribution in [3.63, 3.8) is 0 Å². The van der Waals surface area contributed by atoms with Gasteiger partial charge in [-0.3, -0.25) is 0 Å². The first kappa shape index (κ1) is 18.1. The molecule has 0 saturated carbocycles. The Kier molecular flexibility index (Phi) is 5.26. The quantitative estimate of drug-likeness (QED) is 0.343. The predicted molar refractivity (Wildman–Crippen MR) is 53.6 cm³/mol. The number of hydrogen-bond acceptors (Lipinski definition) is 0. The second-order valence-electron chi connectivity index (χ2n) is 3.56.